The maximum absolute atomic E-state index is 13.7. The Bertz CT molecular complexity index is 1400. The van der Waals surface area contributed by atoms with Gasteiger partial charge in [0, 0.05) is 65.5 Å². The Morgan fingerprint density at radius 1 is 0.872 bits per heavy atom. The highest BCUT2D eigenvalue weighted by molar-refractivity contribution is 6.35. The molecule has 0 aromatic rings. The van der Waals surface area contributed by atoms with Crippen molar-refractivity contribution in [2.45, 2.75) is 57.8 Å². The Balaban J connectivity index is 1.64. The lowest BCUT2D eigenvalue weighted by atomic mass is 9.69. The fourth-order valence-corrected chi connectivity index (χ4v) is 6.85. The number of fused-ring (bicyclic) bond motifs is 5. The van der Waals surface area contributed by atoms with Gasteiger partial charge in [0.05, 0.1) is 26.3 Å². The first kappa shape index (κ1) is 26.9. The summed E-state index contributed by atoms with van der Waals surface area (Å²) in [5.41, 5.74) is 1.83. The monoisotopic (exact) mass is 537 g/mol. The van der Waals surface area contributed by atoms with Crippen LogP contribution < -0.4 is 5.32 Å². The van der Waals surface area contributed by atoms with Crippen molar-refractivity contribution in [2.24, 2.45) is 0 Å². The largest absolute Gasteiger partial charge is 0.492 e. The van der Waals surface area contributed by atoms with Gasteiger partial charge in [0.2, 0.25) is 17.3 Å². The van der Waals surface area contributed by atoms with Crippen molar-refractivity contribution < 1.29 is 38.2 Å². The summed E-state index contributed by atoms with van der Waals surface area (Å²) in [5, 5.41) is 2.61. The number of nitrogens with one attached hydrogen (secondary N) is 1. The Hall–Kier alpha value is -3.70. The second-order valence-corrected chi connectivity index (χ2v) is 10.6. The zero-order valence-corrected chi connectivity index (χ0v) is 22.8. The van der Waals surface area contributed by atoms with E-state index in [0.29, 0.717) is 29.7 Å². The van der Waals surface area contributed by atoms with E-state index in [0.717, 1.165) is 6.92 Å². The fraction of sp³-hybridized carbons (Fsp3) is 0.500. The SMILES string of the molecule is COC1=C(C)C(=O)C2=C(C1=O)[C@@H]1[C@@H]3CC4=C(C(=O)C(OC)=C(C)C4=O)[C@H](CNC(=O)C(C)=O)N3C[C@H](C2)N1C. The number of hydrogen-bond donors (Lipinski definition) is 1. The maximum Gasteiger partial charge on any atom is 0.287 e. The summed E-state index contributed by atoms with van der Waals surface area (Å²) in [6.45, 7) is 4.60. The predicted octanol–water partition coefficient (Wildman–Crippen LogP) is -0.0416. The molecule has 0 aromatic heterocycles. The Kier molecular flexibility index (Phi) is 6.54. The first-order valence-electron chi connectivity index (χ1n) is 12.9. The van der Waals surface area contributed by atoms with E-state index in [2.05, 4.69) is 10.2 Å². The van der Waals surface area contributed by atoms with Crippen LogP contribution in [0.4, 0.5) is 0 Å². The predicted molar refractivity (Wildman–Crippen MR) is 136 cm³/mol. The number of Topliss-reactive ketones (excluding diaryl/α,β-unsaturated/α-hetero) is 5. The first-order chi connectivity index (χ1) is 18.4. The number of carbonyl (C=O) groups is 6. The molecule has 3 heterocycles. The van der Waals surface area contributed by atoms with Crippen molar-refractivity contribution in [2.75, 3.05) is 34.4 Å². The van der Waals surface area contributed by atoms with Crippen LogP contribution in [0, 0.1) is 0 Å². The highest BCUT2D eigenvalue weighted by atomic mass is 16.5. The number of ether oxygens (including phenoxy) is 2. The number of piperazine rings is 1. The molecule has 1 fully saturated rings. The zero-order chi connectivity index (χ0) is 28.5. The minimum Gasteiger partial charge on any atom is -0.492 e. The molecule has 2 aliphatic carbocycles. The van der Waals surface area contributed by atoms with Crippen molar-refractivity contribution in [3.05, 3.63) is 45.0 Å². The Morgan fingerprint density at radius 3 is 1.95 bits per heavy atom. The summed E-state index contributed by atoms with van der Waals surface area (Å²) in [6, 6.07) is -1.93. The second-order valence-electron chi connectivity index (χ2n) is 10.6. The van der Waals surface area contributed by atoms with E-state index in [4.69, 9.17) is 9.47 Å². The van der Waals surface area contributed by atoms with Crippen LogP contribution in [-0.4, -0.2) is 103 Å². The van der Waals surface area contributed by atoms with Crippen LogP contribution in [0.2, 0.25) is 0 Å². The molecule has 39 heavy (non-hydrogen) atoms. The van der Waals surface area contributed by atoms with Gasteiger partial charge in [-0.15, -0.1) is 0 Å². The number of amides is 1. The third-order valence-electron chi connectivity index (χ3n) is 8.76. The van der Waals surface area contributed by atoms with E-state index in [1.165, 1.54) is 21.1 Å². The number of nitrogens with zero attached hydrogens (tertiary/aromatic N) is 2. The molecule has 0 aromatic carbocycles. The van der Waals surface area contributed by atoms with E-state index in [-0.39, 0.29) is 64.6 Å². The van der Waals surface area contributed by atoms with Gasteiger partial charge in [-0.25, -0.2) is 0 Å². The minimum atomic E-state index is -0.801. The lowest BCUT2D eigenvalue weighted by molar-refractivity contribution is -0.137. The molecule has 11 heteroatoms. The molecule has 0 spiro atoms. The number of likely N-dealkylation sites (N-methyl/N-ethyl adjacent to an activating group) is 1. The van der Waals surface area contributed by atoms with E-state index >= 15 is 0 Å². The third-order valence-corrected chi connectivity index (χ3v) is 8.76. The average Bonchev–Trinajstić information content (AvgIpc) is 2.89. The number of carbonyl (C=O) groups excluding carboxylic acids is 6. The molecular weight excluding hydrogens is 506 g/mol. The van der Waals surface area contributed by atoms with Crippen LogP contribution in [0.1, 0.15) is 33.6 Å². The van der Waals surface area contributed by atoms with Gasteiger partial charge in [-0.05, 0) is 33.7 Å². The number of allylic oxidation sites excluding steroid dienone is 4. The van der Waals surface area contributed by atoms with Crippen molar-refractivity contribution >= 4 is 34.8 Å². The number of methoxy groups -OCH3 is 2. The van der Waals surface area contributed by atoms with Crippen LogP contribution in [0.3, 0.4) is 0 Å². The summed E-state index contributed by atoms with van der Waals surface area (Å²) in [5.74, 6) is -2.85. The molecular formula is C28H31N3O8. The quantitative estimate of drug-likeness (QED) is 0.375. The number of ketones is 5. The van der Waals surface area contributed by atoms with Crippen molar-refractivity contribution in [3.8, 4) is 0 Å². The van der Waals surface area contributed by atoms with E-state index in [1.807, 2.05) is 11.9 Å². The lowest BCUT2D eigenvalue weighted by Crippen LogP contribution is -2.71. The average molecular weight is 538 g/mol. The van der Waals surface area contributed by atoms with Gasteiger partial charge in [-0.3, -0.25) is 38.6 Å². The molecule has 1 N–H and O–H groups in total. The van der Waals surface area contributed by atoms with Crippen LogP contribution in [-0.2, 0) is 38.2 Å². The molecule has 4 atom stereocenters. The minimum absolute atomic E-state index is 0.0103. The highest BCUT2D eigenvalue weighted by Gasteiger charge is 2.56. The molecule has 2 bridgehead atoms. The molecule has 5 aliphatic rings. The molecule has 0 unspecified atom stereocenters. The second kappa shape index (κ2) is 9.49. The summed E-state index contributed by atoms with van der Waals surface area (Å²) in [6.07, 6.45) is 0.495. The molecule has 1 saturated heterocycles. The topological polar surface area (TPSA) is 139 Å². The van der Waals surface area contributed by atoms with Gasteiger partial charge in [-0.1, -0.05) is 0 Å². The number of rotatable bonds is 5. The molecule has 1 amide bonds. The van der Waals surface area contributed by atoms with Crippen LogP contribution in [0.5, 0.6) is 0 Å². The van der Waals surface area contributed by atoms with Gasteiger partial charge in [0.1, 0.15) is 0 Å². The van der Waals surface area contributed by atoms with E-state index in [9.17, 15) is 28.8 Å². The van der Waals surface area contributed by atoms with Gasteiger partial charge in [0.15, 0.2) is 23.1 Å². The Morgan fingerprint density at radius 2 is 1.41 bits per heavy atom. The molecule has 206 valence electrons. The molecule has 5 rings (SSSR count). The lowest BCUT2D eigenvalue weighted by Gasteiger charge is -2.58. The van der Waals surface area contributed by atoms with E-state index in [1.54, 1.807) is 6.92 Å². The van der Waals surface area contributed by atoms with Crippen molar-refractivity contribution in [1.29, 1.82) is 0 Å². The summed E-state index contributed by atoms with van der Waals surface area (Å²) in [4.78, 5) is 82.2. The van der Waals surface area contributed by atoms with Gasteiger partial charge in [-0.2, -0.15) is 0 Å². The van der Waals surface area contributed by atoms with Gasteiger partial charge < -0.3 is 14.8 Å². The van der Waals surface area contributed by atoms with Crippen molar-refractivity contribution in [3.63, 3.8) is 0 Å². The van der Waals surface area contributed by atoms with Gasteiger partial charge in [0.25, 0.3) is 5.91 Å². The Labute approximate surface area is 225 Å². The molecule has 0 radical (unpaired) electrons. The van der Waals surface area contributed by atoms with Crippen LogP contribution >= 0.6 is 0 Å². The zero-order valence-electron chi connectivity index (χ0n) is 22.8. The smallest absolute Gasteiger partial charge is 0.287 e. The van der Waals surface area contributed by atoms with E-state index < -0.39 is 35.6 Å². The highest BCUT2D eigenvalue weighted by Crippen LogP contribution is 2.47. The van der Waals surface area contributed by atoms with Crippen LogP contribution in [0.25, 0.3) is 0 Å². The van der Waals surface area contributed by atoms with Gasteiger partial charge >= 0.3 is 0 Å². The number of hydrogen-bond acceptors (Lipinski definition) is 10. The summed E-state index contributed by atoms with van der Waals surface area (Å²) >= 11 is 0. The third kappa shape index (κ3) is 3.78. The molecule has 3 aliphatic heterocycles. The standard InChI is InChI=1S/C28H31N3O8/c1-11-22(33)15-7-14-10-31-17(21(30(14)4)20(15)25(36)27(11)39-6)8-16-19(18(31)9-29-28(37)13(3)32)24(35)26(38-5)12(2)23(16)34/h14,17-18,21H,7-10H2,1-6H3,(H,29,37)/t14-,17-,18-,21-/m0/s1. The molecule has 0 saturated carbocycles. The summed E-state index contributed by atoms with van der Waals surface area (Å²) < 4.78 is 10.6. The maximum atomic E-state index is 13.7. The first-order valence-corrected chi connectivity index (χ1v) is 12.9. The summed E-state index contributed by atoms with van der Waals surface area (Å²) in [7, 11) is 4.58. The normalized spacial score (nSPS) is 29.4. The van der Waals surface area contributed by atoms with Crippen molar-refractivity contribution in [1.82, 2.24) is 15.1 Å². The fourth-order valence-electron chi connectivity index (χ4n) is 6.85. The van der Waals surface area contributed by atoms with Crippen LogP contribution in [0.15, 0.2) is 45.0 Å². The molecule has 11 nitrogen and oxygen atoms in total.